The number of guanidine groups is 2. The van der Waals surface area contributed by atoms with Crippen LogP contribution < -0.4 is 17.2 Å². The Morgan fingerprint density at radius 1 is 1.16 bits per heavy atom. The highest BCUT2D eigenvalue weighted by Crippen LogP contribution is 2.15. The molecule has 0 aliphatic heterocycles. The average Bonchev–Trinajstić information content (AvgIpc) is 2.75. The van der Waals surface area contributed by atoms with E-state index >= 15 is 0 Å². The van der Waals surface area contributed by atoms with E-state index in [0.29, 0.717) is 5.69 Å². The van der Waals surface area contributed by atoms with Crippen molar-refractivity contribution in [3.8, 4) is 5.69 Å². The summed E-state index contributed by atoms with van der Waals surface area (Å²) in [5.74, 6) is -0.104. The lowest BCUT2D eigenvalue weighted by Gasteiger charge is -2.01. The van der Waals surface area contributed by atoms with Crippen LogP contribution >= 0.6 is 0 Å². The first-order valence-corrected chi connectivity index (χ1v) is 5.60. The smallest absolute Gasteiger partial charge is 0.223 e. The van der Waals surface area contributed by atoms with Crippen LogP contribution in [0.3, 0.4) is 0 Å². The molecule has 0 bridgehead atoms. The standard InChI is InChI=1S/C12H15N7/c1-8-6-16-19(7-8)10-4-2-9(3-5-10)17-12(15)18-11(13)14/h2-7H,1H3,(H6,13,14,15,17,18). The molecule has 1 heterocycles. The zero-order valence-electron chi connectivity index (χ0n) is 10.5. The third-order valence-electron chi connectivity index (χ3n) is 2.31. The van der Waals surface area contributed by atoms with Gasteiger partial charge in [0.15, 0.2) is 5.96 Å². The summed E-state index contributed by atoms with van der Waals surface area (Å²) in [6.07, 6.45) is 3.73. The van der Waals surface area contributed by atoms with Gasteiger partial charge in [0.2, 0.25) is 5.96 Å². The van der Waals surface area contributed by atoms with Crippen molar-refractivity contribution in [1.29, 1.82) is 0 Å². The van der Waals surface area contributed by atoms with Crippen molar-refractivity contribution in [1.82, 2.24) is 9.78 Å². The number of nitrogens with two attached hydrogens (primary N) is 3. The van der Waals surface area contributed by atoms with Gasteiger partial charge in [-0.15, -0.1) is 0 Å². The summed E-state index contributed by atoms with van der Waals surface area (Å²) in [7, 11) is 0. The molecule has 0 unspecified atom stereocenters. The first kappa shape index (κ1) is 12.6. The highest BCUT2D eigenvalue weighted by atomic mass is 15.3. The number of hydrogen-bond acceptors (Lipinski definition) is 2. The van der Waals surface area contributed by atoms with Crippen molar-refractivity contribution in [3.63, 3.8) is 0 Å². The Kier molecular flexibility index (Phi) is 3.46. The highest BCUT2D eigenvalue weighted by molar-refractivity contribution is 5.93. The van der Waals surface area contributed by atoms with Gasteiger partial charge in [-0.05, 0) is 36.8 Å². The summed E-state index contributed by atoms with van der Waals surface area (Å²) in [5, 5.41) is 4.22. The molecular weight excluding hydrogens is 242 g/mol. The average molecular weight is 257 g/mol. The molecular formula is C12H15N7. The number of rotatable bonds is 2. The van der Waals surface area contributed by atoms with Crippen molar-refractivity contribution < 1.29 is 0 Å². The summed E-state index contributed by atoms with van der Waals surface area (Å²) < 4.78 is 1.78. The zero-order valence-corrected chi connectivity index (χ0v) is 10.5. The molecule has 7 heteroatoms. The molecule has 6 N–H and O–H groups in total. The fourth-order valence-electron chi connectivity index (χ4n) is 1.52. The topological polar surface area (TPSA) is 121 Å². The summed E-state index contributed by atoms with van der Waals surface area (Å²) in [5.41, 5.74) is 18.6. The Balaban J connectivity index is 2.22. The summed E-state index contributed by atoms with van der Waals surface area (Å²) in [6, 6.07) is 7.38. The van der Waals surface area contributed by atoms with Gasteiger partial charge in [0.25, 0.3) is 0 Å². The summed E-state index contributed by atoms with van der Waals surface area (Å²) >= 11 is 0. The Labute approximate surface area is 110 Å². The minimum Gasteiger partial charge on any atom is -0.370 e. The van der Waals surface area contributed by atoms with E-state index in [1.54, 1.807) is 23.0 Å². The minimum atomic E-state index is -0.120. The molecule has 0 amide bonds. The lowest BCUT2D eigenvalue weighted by atomic mass is 10.3. The molecule has 2 aromatic rings. The van der Waals surface area contributed by atoms with Crippen molar-refractivity contribution in [3.05, 3.63) is 42.2 Å². The van der Waals surface area contributed by atoms with Gasteiger partial charge in [-0.3, -0.25) is 0 Å². The second-order valence-electron chi connectivity index (χ2n) is 3.99. The largest absolute Gasteiger partial charge is 0.370 e. The van der Waals surface area contributed by atoms with Crippen molar-refractivity contribution in [2.75, 3.05) is 0 Å². The van der Waals surface area contributed by atoms with Crippen LogP contribution in [0.1, 0.15) is 5.56 Å². The molecule has 0 saturated heterocycles. The van der Waals surface area contributed by atoms with Crippen LogP contribution in [0.4, 0.5) is 5.69 Å². The molecule has 19 heavy (non-hydrogen) atoms. The van der Waals surface area contributed by atoms with Crippen LogP contribution in [0.25, 0.3) is 5.69 Å². The van der Waals surface area contributed by atoms with Crippen LogP contribution in [0.2, 0.25) is 0 Å². The molecule has 0 radical (unpaired) electrons. The predicted molar refractivity (Wildman–Crippen MR) is 75.4 cm³/mol. The molecule has 98 valence electrons. The third-order valence-corrected chi connectivity index (χ3v) is 2.31. The van der Waals surface area contributed by atoms with Gasteiger partial charge in [-0.1, -0.05) is 0 Å². The maximum absolute atomic E-state index is 5.54. The quantitative estimate of drug-likeness (QED) is 0.532. The molecule has 0 aliphatic carbocycles. The molecule has 1 aromatic heterocycles. The van der Waals surface area contributed by atoms with Crippen LogP contribution in [0, 0.1) is 6.92 Å². The van der Waals surface area contributed by atoms with Gasteiger partial charge in [0.1, 0.15) is 0 Å². The van der Waals surface area contributed by atoms with Gasteiger partial charge >= 0.3 is 0 Å². The second kappa shape index (κ2) is 5.21. The number of aryl methyl sites for hydroxylation is 1. The van der Waals surface area contributed by atoms with Gasteiger partial charge < -0.3 is 17.2 Å². The fourth-order valence-corrected chi connectivity index (χ4v) is 1.52. The van der Waals surface area contributed by atoms with Gasteiger partial charge in [0.05, 0.1) is 17.6 Å². The van der Waals surface area contributed by atoms with Gasteiger partial charge in [0, 0.05) is 6.20 Å². The first-order valence-electron chi connectivity index (χ1n) is 5.60. The number of benzene rings is 1. The van der Waals surface area contributed by atoms with E-state index in [1.807, 2.05) is 25.3 Å². The Morgan fingerprint density at radius 2 is 1.84 bits per heavy atom. The van der Waals surface area contributed by atoms with E-state index < -0.39 is 0 Å². The summed E-state index contributed by atoms with van der Waals surface area (Å²) in [4.78, 5) is 7.70. The number of aliphatic imine (C=N–C) groups is 2. The van der Waals surface area contributed by atoms with E-state index in [2.05, 4.69) is 15.1 Å². The van der Waals surface area contributed by atoms with Crippen LogP contribution in [-0.4, -0.2) is 21.7 Å². The van der Waals surface area contributed by atoms with Crippen molar-refractivity contribution >= 4 is 17.6 Å². The molecule has 0 fully saturated rings. The predicted octanol–water partition coefficient (Wildman–Crippen LogP) is 0.400. The van der Waals surface area contributed by atoms with Gasteiger partial charge in [-0.2, -0.15) is 10.1 Å². The van der Waals surface area contributed by atoms with E-state index in [4.69, 9.17) is 17.2 Å². The lowest BCUT2D eigenvalue weighted by Crippen LogP contribution is -2.26. The van der Waals surface area contributed by atoms with Crippen LogP contribution in [0.15, 0.2) is 46.6 Å². The highest BCUT2D eigenvalue weighted by Gasteiger charge is 1.98. The number of nitrogens with zero attached hydrogens (tertiary/aromatic N) is 4. The maximum Gasteiger partial charge on any atom is 0.223 e. The second-order valence-corrected chi connectivity index (χ2v) is 3.99. The molecule has 1 aromatic carbocycles. The molecule has 0 saturated carbocycles. The van der Waals surface area contributed by atoms with Crippen LogP contribution in [0.5, 0.6) is 0 Å². The maximum atomic E-state index is 5.54. The van der Waals surface area contributed by atoms with E-state index in [9.17, 15) is 0 Å². The molecule has 0 spiro atoms. The molecule has 0 atom stereocenters. The van der Waals surface area contributed by atoms with E-state index in [0.717, 1.165) is 11.3 Å². The zero-order chi connectivity index (χ0) is 13.8. The van der Waals surface area contributed by atoms with Crippen molar-refractivity contribution in [2.24, 2.45) is 27.2 Å². The Bertz CT molecular complexity index is 618. The van der Waals surface area contributed by atoms with Crippen molar-refractivity contribution in [2.45, 2.75) is 6.92 Å². The lowest BCUT2D eigenvalue weighted by molar-refractivity contribution is 0.880. The third kappa shape index (κ3) is 3.32. The molecule has 2 rings (SSSR count). The minimum absolute atomic E-state index is 0.0164. The first-order chi connectivity index (χ1) is 9.04. The normalized spacial score (nSPS) is 11.3. The SMILES string of the molecule is Cc1cnn(-c2ccc(N=C(N)N=C(N)N)cc2)c1. The summed E-state index contributed by atoms with van der Waals surface area (Å²) in [6.45, 7) is 1.98. The Hall–Kier alpha value is -2.83. The van der Waals surface area contributed by atoms with Crippen LogP contribution in [-0.2, 0) is 0 Å². The van der Waals surface area contributed by atoms with E-state index in [-0.39, 0.29) is 11.9 Å². The van der Waals surface area contributed by atoms with E-state index in [1.165, 1.54) is 0 Å². The Morgan fingerprint density at radius 3 is 2.37 bits per heavy atom. The number of hydrogen-bond donors (Lipinski definition) is 3. The number of aromatic nitrogens is 2. The molecule has 0 aliphatic rings. The molecule has 7 nitrogen and oxygen atoms in total. The van der Waals surface area contributed by atoms with Gasteiger partial charge in [-0.25, -0.2) is 9.67 Å². The monoisotopic (exact) mass is 257 g/mol. The fraction of sp³-hybridized carbons (Fsp3) is 0.0833.